The molecule has 0 unspecified atom stereocenters. The normalized spacial score (nSPS) is 12.7. The summed E-state index contributed by atoms with van der Waals surface area (Å²) >= 11 is 0. The molecule has 0 aliphatic heterocycles. The number of alkyl carbamates (subject to hydrolysis) is 1. The Morgan fingerprint density at radius 3 is 2.57 bits per heavy atom. The van der Waals surface area contributed by atoms with Crippen LogP contribution in [0.5, 0.6) is 5.88 Å². The molecule has 248 valence electrons. The fraction of sp³-hybridized carbons (Fsp3) is 0.485. The number of benzene rings is 1. The van der Waals surface area contributed by atoms with E-state index in [1.54, 1.807) is 27.9 Å². The Kier molecular flexibility index (Phi) is 11.7. The lowest BCUT2D eigenvalue weighted by Gasteiger charge is -2.24. The van der Waals surface area contributed by atoms with Gasteiger partial charge >= 0.3 is 6.09 Å². The van der Waals surface area contributed by atoms with Gasteiger partial charge in [0.15, 0.2) is 0 Å². The van der Waals surface area contributed by atoms with Crippen molar-refractivity contribution >= 4 is 30.9 Å². The Bertz CT molecular complexity index is 1590. The van der Waals surface area contributed by atoms with E-state index >= 15 is 0 Å². The van der Waals surface area contributed by atoms with Crippen molar-refractivity contribution in [1.82, 2.24) is 24.8 Å². The molecule has 0 radical (unpaired) electrons. The topological polar surface area (TPSA) is 140 Å². The van der Waals surface area contributed by atoms with Crippen LogP contribution < -0.4 is 10.1 Å². The van der Waals surface area contributed by atoms with Crippen molar-refractivity contribution in [3.8, 4) is 17.1 Å². The zero-order valence-electron chi connectivity index (χ0n) is 27.8. The summed E-state index contributed by atoms with van der Waals surface area (Å²) in [6.07, 6.45) is 4.72. The highest BCUT2D eigenvalue weighted by molar-refractivity contribution is 6.76. The zero-order valence-corrected chi connectivity index (χ0v) is 28.8. The smallest absolute Gasteiger partial charge is 0.408 e. The highest BCUT2D eigenvalue weighted by Gasteiger charge is 2.26. The van der Waals surface area contributed by atoms with Crippen molar-refractivity contribution < 1.29 is 33.0 Å². The first-order chi connectivity index (χ1) is 21.8. The number of aromatic nitrogens is 4. The number of oxazole rings is 1. The number of carbonyl (C=O) groups excluding carboxylic acids is 2. The van der Waals surface area contributed by atoms with E-state index in [1.165, 1.54) is 12.5 Å². The molecule has 0 fully saturated rings. The van der Waals surface area contributed by atoms with Gasteiger partial charge in [-0.2, -0.15) is 0 Å². The summed E-state index contributed by atoms with van der Waals surface area (Å²) in [5.74, 6) is 0.815. The summed E-state index contributed by atoms with van der Waals surface area (Å²) < 4.78 is 30.3. The maximum atomic E-state index is 13.0. The van der Waals surface area contributed by atoms with Crippen molar-refractivity contribution in [1.29, 1.82) is 0 Å². The average Bonchev–Trinajstić information content (AvgIpc) is 3.67. The van der Waals surface area contributed by atoms with Gasteiger partial charge in [0.2, 0.25) is 11.7 Å². The molecule has 4 aromatic rings. The van der Waals surface area contributed by atoms with Crippen LogP contribution in [-0.2, 0) is 20.9 Å². The molecule has 0 saturated carbocycles. The minimum atomic E-state index is -1.31. The van der Waals surface area contributed by atoms with Gasteiger partial charge in [-0.15, -0.1) is 0 Å². The fourth-order valence-electron chi connectivity index (χ4n) is 4.55. The monoisotopic (exact) mass is 651 g/mol. The minimum absolute atomic E-state index is 0.0743. The number of amides is 1. The maximum Gasteiger partial charge on any atom is 0.408 e. The van der Waals surface area contributed by atoms with Gasteiger partial charge in [-0.1, -0.05) is 37.8 Å². The van der Waals surface area contributed by atoms with E-state index in [4.69, 9.17) is 33.3 Å². The standard InChI is InChI=1S/C33H45N5O7Si/c1-33(2,3)45-32(40)37-27(21-42-15-10-13-28(39)31-34-14-16-44-31)29-35-26(20-38(29)22-43-17-18-46(5,6)7)24-19-23-11-8-9-12-25(23)36-30(24)41-4/h8-9,11-12,14,16,19-20,27H,10,13,15,17-18,21-22H2,1-7H3,(H,37,40)/t27-/m0/s1. The number of nitrogens with one attached hydrogen (secondary N) is 1. The summed E-state index contributed by atoms with van der Waals surface area (Å²) in [6.45, 7) is 13.4. The number of rotatable bonds is 16. The zero-order chi connectivity index (χ0) is 33.3. The molecular weight excluding hydrogens is 606 g/mol. The average molecular weight is 652 g/mol. The lowest BCUT2D eigenvalue weighted by molar-refractivity contribution is 0.0411. The molecule has 0 aliphatic carbocycles. The third-order valence-corrected chi connectivity index (χ3v) is 8.55. The molecule has 0 bridgehead atoms. The Morgan fingerprint density at radius 1 is 1.09 bits per heavy atom. The lowest BCUT2D eigenvalue weighted by atomic mass is 10.1. The van der Waals surface area contributed by atoms with Gasteiger partial charge in [0.05, 0.1) is 36.7 Å². The maximum absolute atomic E-state index is 13.0. The van der Waals surface area contributed by atoms with Gasteiger partial charge < -0.3 is 33.2 Å². The van der Waals surface area contributed by atoms with Gasteiger partial charge in [-0.05, 0) is 45.4 Å². The predicted molar refractivity (Wildman–Crippen MR) is 177 cm³/mol. The molecule has 0 spiro atoms. The second-order valence-electron chi connectivity index (χ2n) is 13.2. The van der Waals surface area contributed by atoms with E-state index < -0.39 is 25.8 Å². The molecule has 0 aliphatic rings. The van der Waals surface area contributed by atoms with E-state index in [-0.39, 0.29) is 38.0 Å². The highest BCUT2D eigenvalue weighted by Crippen LogP contribution is 2.32. The van der Waals surface area contributed by atoms with Gasteiger partial charge in [0, 0.05) is 39.3 Å². The van der Waals surface area contributed by atoms with Crippen LogP contribution in [0, 0.1) is 0 Å². The molecule has 12 nitrogen and oxygen atoms in total. The fourth-order valence-corrected chi connectivity index (χ4v) is 5.31. The lowest BCUT2D eigenvalue weighted by Crippen LogP contribution is -2.38. The third-order valence-electron chi connectivity index (χ3n) is 6.84. The summed E-state index contributed by atoms with van der Waals surface area (Å²) in [7, 11) is 0.260. The van der Waals surface area contributed by atoms with Gasteiger partial charge in [0.1, 0.15) is 30.5 Å². The Labute approximate surface area is 270 Å². The third kappa shape index (κ3) is 10.2. The number of para-hydroxylation sites is 1. The van der Waals surface area contributed by atoms with Crippen LogP contribution in [0.15, 0.2) is 53.4 Å². The number of carbonyl (C=O) groups is 2. The van der Waals surface area contributed by atoms with E-state index in [0.29, 0.717) is 36.0 Å². The largest absolute Gasteiger partial charge is 0.480 e. The number of nitrogens with zero attached hydrogens (tertiary/aromatic N) is 4. The van der Waals surface area contributed by atoms with Crippen LogP contribution in [0.4, 0.5) is 4.79 Å². The van der Waals surface area contributed by atoms with Crippen molar-refractivity contribution in [2.24, 2.45) is 0 Å². The number of pyridine rings is 1. The van der Waals surface area contributed by atoms with Crippen LogP contribution in [0.25, 0.3) is 22.2 Å². The van der Waals surface area contributed by atoms with Gasteiger partial charge in [-0.3, -0.25) is 4.79 Å². The van der Waals surface area contributed by atoms with Gasteiger partial charge in [-0.25, -0.2) is 19.7 Å². The van der Waals surface area contributed by atoms with Crippen molar-refractivity contribution in [2.75, 3.05) is 26.9 Å². The molecule has 4 rings (SSSR count). The Hall–Kier alpha value is -4.07. The molecule has 13 heteroatoms. The molecule has 1 atom stereocenters. The molecule has 46 heavy (non-hydrogen) atoms. The number of fused-ring (bicyclic) bond motifs is 1. The van der Waals surface area contributed by atoms with Crippen LogP contribution in [-0.4, -0.2) is 72.0 Å². The van der Waals surface area contributed by atoms with Crippen molar-refractivity contribution in [2.45, 2.75) is 77.7 Å². The van der Waals surface area contributed by atoms with Crippen LogP contribution in [0.1, 0.15) is 56.2 Å². The molecule has 1 aromatic carbocycles. The number of ketones is 1. The first kappa shape index (κ1) is 34.8. The quantitative estimate of drug-likeness (QED) is 0.0795. The summed E-state index contributed by atoms with van der Waals surface area (Å²) in [6, 6.07) is 10.1. The van der Waals surface area contributed by atoms with E-state index in [9.17, 15) is 9.59 Å². The second-order valence-corrected chi connectivity index (χ2v) is 18.8. The summed E-state index contributed by atoms with van der Waals surface area (Å²) in [4.78, 5) is 38.9. The van der Waals surface area contributed by atoms with Crippen LogP contribution >= 0.6 is 0 Å². The Morgan fingerprint density at radius 2 is 1.87 bits per heavy atom. The number of hydrogen-bond acceptors (Lipinski definition) is 10. The second kappa shape index (κ2) is 15.5. The van der Waals surface area contributed by atoms with E-state index in [1.807, 2.05) is 41.1 Å². The van der Waals surface area contributed by atoms with Gasteiger partial charge in [0.25, 0.3) is 5.89 Å². The molecule has 1 N–H and O–H groups in total. The minimum Gasteiger partial charge on any atom is -0.480 e. The number of Topliss-reactive ketones (excluding diaryl/α,β-unsaturated/α-hetero) is 1. The van der Waals surface area contributed by atoms with E-state index in [2.05, 4.69) is 29.9 Å². The van der Waals surface area contributed by atoms with Crippen molar-refractivity contribution in [3.63, 3.8) is 0 Å². The first-order valence-corrected chi connectivity index (χ1v) is 19.1. The summed E-state index contributed by atoms with van der Waals surface area (Å²) in [5.41, 5.74) is 1.40. The number of hydrogen-bond donors (Lipinski definition) is 1. The number of imidazole rings is 1. The first-order valence-electron chi connectivity index (χ1n) is 15.4. The number of ether oxygens (including phenoxy) is 4. The van der Waals surface area contributed by atoms with Crippen LogP contribution in [0.2, 0.25) is 25.7 Å². The molecule has 1 amide bonds. The van der Waals surface area contributed by atoms with E-state index in [0.717, 1.165) is 16.9 Å². The van der Waals surface area contributed by atoms with Crippen molar-refractivity contribution in [3.05, 3.63) is 60.7 Å². The summed E-state index contributed by atoms with van der Waals surface area (Å²) in [5, 5.41) is 3.87. The highest BCUT2D eigenvalue weighted by atomic mass is 28.3. The van der Waals surface area contributed by atoms with Crippen LogP contribution in [0.3, 0.4) is 0 Å². The predicted octanol–water partition coefficient (Wildman–Crippen LogP) is 6.65. The molecule has 0 saturated heterocycles. The Balaban J connectivity index is 1.62. The molecular formula is C33H45N5O7Si. The SMILES string of the molecule is COc1nc2ccccc2cc1-c1cn(COCC[Si](C)(C)C)c([C@H](COCCCC(=O)c2ncco2)NC(=O)OC(C)(C)C)n1. The molecule has 3 heterocycles. The molecule has 3 aromatic heterocycles. The number of methoxy groups -OCH3 is 1.